The van der Waals surface area contributed by atoms with E-state index in [1.165, 1.54) is 43.5 Å². The summed E-state index contributed by atoms with van der Waals surface area (Å²) in [5, 5.41) is 4.65. The van der Waals surface area contributed by atoms with Crippen molar-refractivity contribution in [1.82, 2.24) is 5.32 Å². The third-order valence-electron chi connectivity index (χ3n) is 3.49. The molecule has 2 rings (SSSR count). The molecule has 0 heterocycles. The average Bonchev–Trinajstić information content (AvgIpc) is 2.71. The zero-order valence-electron chi connectivity index (χ0n) is 15.3. The zero-order chi connectivity index (χ0) is 21.2. The number of hydrogen-bond acceptors (Lipinski definition) is 6. The monoisotopic (exact) mass is 408 g/mol. The summed E-state index contributed by atoms with van der Waals surface area (Å²) in [5.41, 5.74) is 0.314. The van der Waals surface area contributed by atoms with Crippen LogP contribution in [0.15, 0.2) is 48.5 Å². The van der Waals surface area contributed by atoms with Gasteiger partial charge in [-0.3, -0.25) is 14.4 Å². The van der Waals surface area contributed by atoms with Crippen molar-refractivity contribution in [3.63, 3.8) is 0 Å². The number of ether oxygens (including phenoxy) is 3. The normalized spacial score (nSPS) is 10.2. The molecule has 2 N–H and O–H groups in total. The van der Waals surface area contributed by atoms with E-state index in [0.29, 0.717) is 11.3 Å². The highest BCUT2D eigenvalue weighted by atomic mass is 19.3. The number of methoxy groups -OCH3 is 1. The maximum atomic E-state index is 12.4. The average molecular weight is 408 g/mol. The molecule has 0 spiro atoms. The number of benzene rings is 2. The lowest BCUT2D eigenvalue weighted by Gasteiger charge is -2.12. The van der Waals surface area contributed by atoms with Gasteiger partial charge < -0.3 is 24.8 Å². The largest absolute Gasteiger partial charge is 0.497 e. The van der Waals surface area contributed by atoms with Gasteiger partial charge in [0, 0.05) is 5.56 Å². The Morgan fingerprint density at radius 3 is 2.38 bits per heavy atom. The van der Waals surface area contributed by atoms with E-state index in [9.17, 15) is 23.2 Å². The molecule has 0 aliphatic heterocycles. The molecule has 2 aromatic rings. The summed E-state index contributed by atoms with van der Waals surface area (Å²) in [4.78, 5) is 35.5. The Hall–Kier alpha value is -3.69. The van der Waals surface area contributed by atoms with Crippen LogP contribution >= 0.6 is 0 Å². The van der Waals surface area contributed by atoms with Crippen LogP contribution in [0.4, 0.5) is 14.5 Å². The maximum Gasteiger partial charge on any atom is 0.387 e. The SMILES string of the molecule is COc1ccc(C(=O)NCC(=O)OCC(=O)Nc2ccccc2OC(F)F)cc1. The minimum atomic E-state index is -3.06. The second kappa shape index (κ2) is 10.6. The molecule has 8 nitrogen and oxygen atoms in total. The minimum absolute atomic E-state index is 0.00153. The summed E-state index contributed by atoms with van der Waals surface area (Å²) in [6.45, 7) is -4.18. The summed E-state index contributed by atoms with van der Waals surface area (Å²) in [7, 11) is 1.49. The lowest BCUT2D eigenvalue weighted by molar-refractivity contribution is -0.146. The number of alkyl halides is 2. The summed E-state index contributed by atoms with van der Waals surface area (Å²) in [6.07, 6.45) is 0. The van der Waals surface area contributed by atoms with Gasteiger partial charge in [-0.25, -0.2) is 0 Å². The highest BCUT2D eigenvalue weighted by Gasteiger charge is 2.14. The molecule has 0 aromatic heterocycles. The van der Waals surface area contributed by atoms with Crippen LogP contribution in [0.5, 0.6) is 11.5 Å². The number of esters is 1. The number of carbonyl (C=O) groups is 3. The Kier molecular flexibility index (Phi) is 7.89. The third-order valence-corrected chi connectivity index (χ3v) is 3.49. The molecule has 0 bridgehead atoms. The van der Waals surface area contributed by atoms with Gasteiger partial charge in [0.15, 0.2) is 6.61 Å². The summed E-state index contributed by atoms with van der Waals surface area (Å²) in [5.74, 6) is -1.77. The van der Waals surface area contributed by atoms with Crippen molar-refractivity contribution in [3.8, 4) is 11.5 Å². The second-order valence-electron chi connectivity index (χ2n) is 5.49. The first-order chi connectivity index (χ1) is 13.9. The molecule has 0 aliphatic rings. The first-order valence-corrected chi connectivity index (χ1v) is 8.30. The van der Waals surface area contributed by atoms with Gasteiger partial charge in [0.05, 0.1) is 12.8 Å². The van der Waals surface area contributed by atoms with E-state index < -0.39 is 37.5 Å². The Bertz CT molecular complexity index is 858. The summed E-state index contributed by atoms with van der Waals surface area (Å²) >= 11 is 0. The van der Waals surface area contributed by atoms with Crippen molar-refractivity contribution < 1.29 is 37.4 Å². The zero-order valence-corrected chi connectivity index (χ0v) is 15.3. The molecule has 0 aliphatic carbocycles. The van der Waals surface area contributed by atoms with Crippen molar-refractivity contribution in [2.24, 2.45) is 0 Å². The number of hydrogen-bond donors (Lipinski definition) is 2. The van der Waals surface area contributed by atoms with E-state index in [1.807, 2.05) is 0 Å². The van der Waals surface area contributed by atoms with Gasteiger partial charge in [0.25, 0.3) is 11.8 Å². The minimum Gasteiger partial charge on any atom is -0.497 e. The highest BCUT2D eigenvalue weighted by molar-refractivity contribution is 5.97. The van der Waals surface area contributed by atoms with Gasteiger partial charge in [-0.1, -0.05) is 12.1 Å². The molecule has 29 heavy (non-hydrogen) atoms. The Morgan fingerprint density at radius 2 is 1.72 bits per heavy atom. The number of amides is 2. The van der Waals surface area contributed by atoms with Crippen LogP contribution in [0.1, 0.15) is 10.4 Å². The van der Waals surface area contributed by atoms with Crippen molar-refractivity contribution in [2.45, 2.75) is 6.61 Å². The molecule has 0 radical (unpaired) electrons. The van der Waals surface area contributed by atoms with Crippen LogP contribution < -0.4 is 20.1 Å². The maximum absolute atomic E-state index is 12.4. The topological polar surface area (TPSA) is 103 Å². The van der Waals surface area contributed by atoms with E-state index in [-0.39, 0.29) is 11.4 Å². The molecule has 2 aromatic carbocycles. The first-order valence-electron chi connectivity index (χ1n) is 8.30. The smallest absolute Gasteiger partial charge is 0.387 e. The number of para-hydroxylation sites is 2. The highest BCUT2D eigenvalue weighted by Crippen LogP contribution is 2.25. The predicted octanol–water partition coefficient (Wildman–Crippen LogP) is 2.21. The number of nitrogens with one attached hydrogen (secondary N) is 2. The van der Waals surface area contributed by atoms with E-state index >= 15 is 0 Å². The molecule has 10 heteroatoms. The molecule has 0 unspecified atom stereocenters. The number of rotatable bonds is 9. The standard InChI is InChI=1S/C19H18F2N2O6/c1-27-13-8-6-12(7-9-13)18(26)22-10-17(25)28-11-16(24)23-14-4-2-3-5-15(14)29-19(20)21/h2-9,19H,10-11H2,1H3,(H,22,26)(H,23,24). The Labute approximate surface area is 164 Å². The number of halogens is 2. The molecule has 0 atom stereocenters. The number of carbonyl (C=O) groups excluding carboxylic acids is 3. The molecular formula is C19H18F2N2O6. The summed E-state index contributed by atoms with van der Waals surface area (Å²) in [6, 6.07) is 11.8. The van der Waals surface area contributed by atoms with Gasteiger partial charge in [-0.05, 0) is 36.4 Å². The van der Waals surface area contributed by atoms with Crippen LogP contribution in [-0.2, 0) is 14.3 Å². The van der Waals surface area contributed by atoms with Gasteiger partial charge >= 0.3 is 12.6 Å². The molecule has 0 fully saturated rings. The first kappa shape index (κ1) is 21.6. The fourth-order valence-electron chi connectivity index (χ4n) is 2.15. The fourth-order valence-corrected chi connectivity index (χ4v) is 2.15. The number of anilines is 1. The van der Waals surface area contributed by atoms with Crippen LogP contribution in [0.25, 0.3) is 0 Å². The van der Waals surface area contributed by atoms with E-state index in [0.717, 1.165) is 0 Å². The van der Waals surface area contributed by atoms with Gasteiger partial charge in [-0.2, -0.15) is 8.78 Å². The van der Waals surface area contributed by atoms with E-state index in [2.05, 4.69) is 15.4 Å². The third kappa shape index (κ3) is 7.09. The van der Waals surface area contributed by atoms with Gasteiger partial charge in [-0.15, -0.1) is 0 Å². The molecule has 0 saturated heterocycles. The van der Waals surface area contributed by atoms with E-state index in [1.54, 1.807) is 12.1 Å². The fraction of sp³-hybridized carbons (Fsp3) is 0.211. The van der Waals surface area contributed by atoms with Crippen LogP contribution in [0.2, 0.25) is 0 Å². The van der Waals surface area contributed by atoms with Crippen LogP contribution in [0, 0.1) is 0 Å². The Morgan fingerprint density at radius 1 is 1.03 bits per heavy atom. The molecule has 2 amide bonds. The van der Waals surface area contributed by atoms with E-state index in [4.69, 9.17) is 9.47 Å². The van der Waals surface area contributed by atoms with Crippen LogP contribution in [-0.4, -0.2) is 44.7 Å². The molecule has 0 saturated carbocycles. The van der Waals surface area contributed by atoms with Crippen molar-refractivity contribution in [3.05, 3.63) is 54.1 Å². The quantitative estimate of drug-likeness (QED) is 0.617. The lowest BCUT2D eigenvalue weighted by atomic mass is 10.2. The molecule has 154 valence electrons. The molecular weight excluding hydrogens is 390 g/mol. The lowest BCUT2D eigenvalue weighted by Crippen LogP contribution is -2.32. The van der Waals surface area contributed by atoms with Crippen LogP contribution in [0.3, 0.4) is 0 Å². The van der Waals surface area contributed by atoms with Crippen molar-refractivity contribution >= 4 is 23.5 Å². The Balaban J connectivity index is 1.77. The summed E-state index contributed by atoms with van der Waals surface area (Å²) < 4.78 is 38.7. The van der Waals surface area contributed by atoms with Crippen molar-refractivity contribution in [2.75, 3.05) is 25.6 Å². The predicted molar refractivity (Wildman–Crippen MR) is 98.0 cm³/mol. The van der Waals surface area contributed by atoms with Gasteiger partial charge in [0.1, 0.15) is 18.0 Å². The van der Waals surface area contributed by atoms with Crippen molar-refractivity contribution in [1.29, 1.82) is 0 Å². The van der Waals surface area contributed by atoms with Gasteiger partial charge in [0.2, 0.25) is 0 Å². The second-order valence-corrected chi connectivity index (χ2v) is 5.49.